The summed E-state index contributed by atoms with van der Waals surface area (Å²) in [5.74, 6) is 0. The molecule has 0 saturated heterocycles. The Labute approximate surface area is 92.1 Å². The first kappa shape index (κ1) is 13.3. The normalized spacial score (nSPS) is 15.1. The molecular weight excluding hydrogens is 194 g/mol. The summed E-state index contributed by atoms with van der Waals surface area (Å²) in [7, 11) is 0. The molecule has 0 N–H and O–H groups in total. The first-order valence-corrected chi connectivity index (χ1v) is 5.41. The SMILES string of the molecule is CCC/C(C)=C\CC(Cl)/C(C)=C\C#N. The van der Waals surface area contributed by atoms with Crippen LogP contribution in [0.15, 0.2) is 23.3 Å². The molecule has 0 aromatic carbocycles. The number of rotatable bonds is 5. The quantitative estimate of drug-likeness (QED) is 0.380. The van der Waals surface area contributed by atoms with E-state index in [1.807, 2.05) is 13.0 Å². The maximum absolute atomic E-state index is 8.45. The predicted octanol–water partition coefficient (Wildman–Crippen LogP) is 4.20. The molecule has 0 aliphatic heterocycles. The highest BCUT2D eigenvalue weighted by Gasteiger charge is 2.04. The van der Waals surface area contributed by atoms with Crippen molar-refractivity contribution in [3.8, 4) is 6.07 Å². The van der Waals surface area contributed by atoms with E-state index in [-0.39, 0.29) is 5.38 Å². The summed E-state index contributed by atoms with van der Waals surface area (Å²) in [5, 5.41) is 8.41. The van der Waals surface area contributed by atoms with E-state index < -0.39 is 0 Å². The summed E-state index contributed by atoms with van der Waals surface area (Å²) in [6.45, 7) is 6.18. The standard InChI is InChI=1S/C12H18ClN/c1-4-5-10(2)6-7-12(13)11(3)8-9-14/h6,8,12H,4-5,7H2,1-3H3/b10-6-,11-8-. The van der Waals surface area contributed by atoms with Crippen LogP contribution < -0.4 is 0 Å². The summed E-state index contributed by atoms with van der Waals surface area (Å²) in [6.07, 6.45) is 6.79. The van der Waals surface area contributed by atoms with Gasteiger partial charge >= 0.3 is 0 Å². The monoisotopic (exact) mass is 211 g/mol. The van der Waals surface area contributed by atoms with Crippen molar-refractivity contribution in [3.63, 3.8) is 0 Å². The summed E-state index contributed by atoms with van der Waals surface area (Å²) < 4.78 is 0. The molecule has 1 nitrogen and oxygen atoms in total. The molecule has 0 rings (SSSR count). The van der Waals surface area contributed by atoms with Gasteiger partial charge in [-0.05, 0) is 32.3 Å². The molecule has 1 unspecified atom stereocenters. The molecule has 0 bridgehead atoms. The lowest BCUT2D eigenvalue weighted by Gasteiger charge is -2.06. The molecule has 0 aromatic rings. The van der Waals surface area contributed by atoms with Gasteiger partial charge < -0.3 is 0 Å². The van der Waals surface area contributed by atoms with Gasteiger partial charge in [-0.15, -0.1) is 11.6 Å². The van der Waals surface area contributed by atoms with Gasteiger partial charge in [-0.1, -0.05) is 25.0 Å². The first-order valence-electron chi connectivity index (χ1n) is 4.97. The Morgan fingerprint density at radius 2 is 2.14 bits per heavy atom. The Hall–Kier alpha value is -0.740. The largest absolute Gasteiger partial charge is 0.193 e. The number of nitrogens with zero attached hydrogens (tertiary/aromatic N) is 1. The number of hydrogen-bond acceptors (Lipinski definition) is 1. The number of allylic oxidation sites excluding steroid dienone is 4. The Bertz CT molecular complexity index is 258. The van der Waals surface area contributed by atoms with Crippen molar-refractivity contribution >= 4 is 11.6 Å². The molecule has 0 aliphatic rings. The van der Waals surface area contributed by atoms with E-state index in [0.717, 1.165) is 18.4 Å². The van der Waals surface area contributed by atoms with E-state index in [1.165, 1.54) is 18.1 Å². The number of hydrogen-bond donors (Lipinski definition) is 0. The third-order valence-corrected chi connectivity index (χ3v) is 2.63. The van der Waals surface area contributed by atoms with Gasteiger partial charge in [0.15, 0.2) is 0 Å². The fourth-order valence-corrected chi connectivity index (χ4v) is 1.33. The Morgan fingerprint density at radius 3 is 2.64 bits per heavy atom. The minimum atomic E-state index is -0.0403. The van der Waals surface area contributed by atoms with E-state index in [0.29, 0.717) is 0 Å². The van der Waals surface area contributed by atoms with Crippen LogP contribution in [0.5, 0.6) is 0 Å². The second-order valence-corrected chi connectivity index (χ2v) is 4.05. The smallest absolute Gasteiger partial charge is 0.0911 e. The van der Waals surface area contributed by atoms with E-state index >= 15 is 0 Å². The summed E-state index contributed by atoms with van der Waals surface area (Å²) in [5.41, 5.74) is 2.32. The summed E-state index contributed by atoms with van der Waals surface area (Å²) in [6, 6.07) is 1.99. The van der Waals surface area contributed by atoms with Crippen molar-refractivity contribution < 1.29 is 0 Å². The van der Waals surface area contributed by atoms with Gasteiger partial charge in [0, 0.05) is 6.08 Å². The lowest BCUT2D eigenvalue weighted by molar-refractivity contribution is 0.883. The fourth-order valence-electron chi connectivity index (χ4n) is 1.18. The number of halogens is 1. The highest BCUT2D eigenvalue weighted by atomic mass is 35.5. The second kappa shape index (κ2) is 7.64. The van der Waals surface area contributed by atoms with Crippen LogP contribution in [-0.4, -0.2) is 5.38 Å². The topological polar surface area (TPSA) is 23.8 Å². The first-order chi connectivity index (χ1) is 6.61. The van der Waals surface area contributed by atoms with Crippen LogP contribution in [0.1, 0.15) is 40.0 Å². The average Bonchev–Trinajstić information content (AvgIpc) is 2.15. The Balaban J connectivity index is 4.08. The molecule has 2 heteroatoms. The molecule has 78 valence electrons. The molecule has 0 spiro atoms. The Kier molecular flexibility index (Phi) is 7.24. The Morgan fingerprint density at radius 1 is 1.50 bits per heavy atom. The molecule has 0 radical (unpaired) electrons. The van der Waals surface area contributed by atoms with Gasteiger partial charge in [0.25, 0.3) is 0 Å². The van der Waals surface area contributed by atoms with E-state index in [4.69, 9.17) is 16.9 Å². The van der Waals surface area contributed by atoms with Crippen LogP contribution in [0.4, 0.5) is 0 Å². The lowest BCUT2D eigenvalue weighted by Crippen LogP contribution is -1.98. The maximum Gasteiger partial charge on any atom is 0.0911 e. The molecule has 0 aromatic heterocycles. The van der Waals surface area contributed by atoms with Gasteiger partial charge in [0.05, 0.1) is 11.4 Å². The fraction of sp³-hybridized carbons (Fsp3) is 0.583. The van der Waals surface area contributed by atoms with Crippen LogP contribution >= 0.6 is 11.6 Å². The molecule has 1 atom stereocenters. The highest BCUT2D eigenvalue weighted by Crippen LogP contribution is 2.15. The molecular formula is C12H18ClN. The van der Waals surface area contributed by atoms with Crippen LogP contribution in [-0.2, 0) is 0 Å². The zero-order valence-corrected chi connectivity index (χ0v) is 9.93. The summed E-state index contributed by atoms with van der Waals surface area (Å²) >= 11 is 6.09. The molecule has 0 amide bonds. The number of nitriles is 1. The zero-order valence-electron chi connectivity index (χ0n) is 9.18. The van der Waals surface area contributed by atoms with Gasteiger partial charge in [0.2, 0.25) is 0 Å². The van der Waals surface area contributed by atoms with Gasteiger partial charge in [-0.3, -0.25) is 0 Å². The van der Waals surface area contributed by atoms with Gasteiger partial charge in [0.1, 0.15) is 0 Å². The molecule has 0 heterocycles. The van der Waals surface area contributed by atoms with Gasteiger partial charge in [-0.25, -0.2) is 0 Å². The van der Waals surface area contributed by atoms with Crippen LogP contribution in [0.2, 0.25) is 0 Å². The third-order valence-electron chi connectivity index (χ3n) is 2.10. The summed E-state index contributed by atoms with van der Waals surface area (Å²) in [4.78, 5) is 0. The zero-order chi connectivity index (χ0) is 11.0. The second-order valence-electron chi connectivity index (χ2n) is 3.52. The minimum absolute atomic E-state index is 0.0403. The van der Waals surface area contributed by atoms with Crippen molar-refractivity contribution in [3.05, 3.63) is 23.3 Å². The van der Waals surface area contributed by atoms with Gasteiger partial charge in [-0.2, -0.15) is 5.26 Å². The highest BCUT2D eigenvalue weighted by molar-refractivity contribution is 6.22. The van der Waals surface area contributed by atoms with Crippen LogP contribution in [0.3, 0.4) is 0 Å². The lowest BCUT2D eigenvalue weighted by atomic mass is 10.1. The van der Waals surface area contributed by atoms with Crippen molar-refractivity contribution in [2.24, 2.45) is 0 Å². The average molecular weight is 212 g/mol. The molecule has 0 aliphatic carbocycles. The van der Waals surface area contributed by atoms with Crippen molar-refractivity contribution in [2.45, 2.75) is 45.4 Å². The van der Waals surface area contributed by atoms with Crippen molar-refractivity contribution in [1.82, 2.24) is 0 Å². The van der Waals surface area contributed by atoms with Crippen LogP contribution in [0.25, 0.3) is 0 Å². The van der Waals surface area contributed by atoms with E-state index in [9.17, 15) is 0 Å². The van der Waals surface area contributed by atoms with E-state index in [2.05, 4.69) is 19.9 Å². The van der Waals surface area contributed by atoms with Crippen molar-refractivity contribution in [2.75, 3.05) is 0 Å². The molecule has 0 fully saturated rings. The molecule has 0 saturated carbocycles. The van der Waals surface area contributed by atoms with Crippen LogP contribution in [0, 0.1) is 11.3 Å². The predicted molar refractivity (Wildman–Crippen MR) is 62.3 cm³/mol. The minimum Gasteiger partial charge on any atom is -0.193 e. The van der Waals surface area contributed by atoms with Crippen molar-refractivity contribution in [1.29, 1.82) is 5.26 Å². The number of alkyl halides is 1. The third kappa shape index (κ3) is 5.83. The maximum atomic E-state index is 8.45. The van der Waals surface area contributed by atoms with E-state index in [1.54, 1.807) is 0 Å². The molecule has 14 heavy (non-hydrogen) atoms.